The lowest BCUT2D eigenvalue weighted by Crippen LogP contribution is -2.47. The second-order valence-electron chi connectivity index (χ2n) is 13.8. The van der Waals surface area contributed by atoms with Gasteiger partial charge in [0, 0.05) is 43.9 Å². The van der Waals surface area contributed by atoms with Crippen LogP contribution in [-0.4, -0.2) is 91.3 Å². The van der Waals surface area contributed by atoms with Gasteiger partial charge in [0.2, 0.25) is 6.79 Å². The molecular weight excluding hydrogens is 612 g/mol. The maximum atomic E-state index is 14.4. The summed E-state index contributed by atoms with van der Waals surface area (Å²) in [5.41, 5.74) is 1.99. The molecule has 2 aliphatic heterocycles. The van der Waals surface area contributed by atoms with Gasteiger partial charge in [-0.2, -0.15) is 0 Å². The van der Waals surface area contributed by atoms with Crippen LogP contribution in [0.4, 0.5) is 10.5 Å². The third-order valence-electron chi connectivity index (χ3n) is 9.63. The van der Waals surface area contributed by atoms with Crippen molar-refractivity contribution >= 4 is 17.6 Å². The molecule has 11 heteroatoms. The fraction of sp³-hybridized carbons (Fsp3) is 0.622. The lowest BCUT2D eigenvalue weighted by molar-refractivity contribution is -0.0177. The van der Waals surface area contributed by atoms with Crippen LogP contribution in [0.2, 0.25) is 0 Å². The van der Waals surface area contributed by atoms with Gasteiger partial charge in [0.1, 0.15) is 5.75 Å². The molecule has 264 valence electrons. The minimum atomic E-state index is -0.448. The van der Waals surface area contributed by atoms with E-state index in [-0.39, 0.29) is 49.5 Å². The van der Waals surface area contributed by atoms with E-state index in [9.17, 15) is 14.7 Å². The molecule has 4 atom stereocenters. The van der Waals surface area contributed by atoms with Gasteiger partial charge in [-0.15, -0.1) is 0 Å². The van der Waals surface area contributed by atoms with Crippen LogP contribution in [0, 0.1) is 5.92 Å². The number of carbonyl (C=O) groups is 2. The molecule has 1 aliphatic carbocycles. The van der Waals surface area contributed by atoms with Gasteiger partial charge in [-0.05, 0) is 88.9 Å². The molecule has 48 heavy (non-hydrogen) atoms. The number of nitrogens with one attached hydrogen (secondary N) is 2. The number of hydrogen-bond donors (Lipinski definition) is 3. The van der Waals surface area contributed by atoms with E-state index in [2.05, 4.69) is 35.6 Å². The number of urea groups is 1. The first kappa shape index (κ1) is 35.8. The molecule has 1 fully saturated rings. The van der Waals surface area contributed by atoms with Crippen molar-refractivity contribution in [1.82, 2.24) is 15.1 Å². The van der Waals surface area contributed by atoms with Crippen molar-refractivity contribution in [3.8, 4) is 17.2 Å². The maximum absolute atomic E-state index is 14.4. The second kappa shape index (κ2) is 17.2. The molecule has 3 amide bonds. The highest BCUT2D eigenvalue weighted by atomic mass is 16.7. The van der Waals surface area contributed by atoms with E-state index in [4.69, 9.17) is 18.9 Å². The van der Waals surface area contributed by atoms with E-state index >= 15 is 0 Å². The molecule has 0 unspecified atom stereocenters. The quantitative estimate of drug-likeness (QED) is 0.324. The van der Waals surface area contributed by atoms with E-state index in [0.717, 1.165) is 62.0 Å². The van der Waals surface area contributed by atoms with Gasteiger partial charge in [0.25, 0.3) is 5.91 Å². The number of hydrogen-bond acceptors (Lipinski definition) is 8. The Balaban J connectivity index is 1.34. The lowest BCUT2D eigenvalue weighted by Gasteiger charge is -2.36. The van der Waals surface area contributed by atoms with E-state index in [1.54, 1.807) is 23.1 Å². The van der Waals surface area contributed by atoms with Crippen LogP contribution in [0.3, 0.4) is 0 Å². The topological polar surface area (TPSA) is 122 Å². The molecule has 11 nitrogen and oxygen atoms in total. The first-order chi connectivity index (χ1) is 23.2. The van der Waals surface area contributed by atoms with Crippen molar-refractivity contribution in [3.63, 3.8) is 0 Å². The molecule has 0 radical (unpaired) electrons. The number of anilines is 1. The number of nitrogens with zero attached hydrogens (tertiary/aromatic N) is 2. The monoisotopic (exact) mass is 666 g/mol. The molecule has 1 saturated carbocycles. The average Bonchev–Trinajstić information content (AvgIpc) is 3.54. The zero-order chi connectivity index (χ0) is 34.0. The van der Waals surface area contributed by atoms with Crippen molar-refractivity contribution in [3.05, 3.63) is 47.5 Å². The first-order valence-electron chi connectivity index (χ1n) is 17.7. The summed E-state index contributed by atoms with van der Waals surface area (Å²) in [4.78, 5) is 31.2. The highest BCUT2D eigenvalue weighted by molar-refractivity contribution is 5.99. The Bertz CT molecular complexity index is 1370. The summed E-state index contributed by atoms with van der Waals surface area (Å²) >= 11 is 0. The molecule has 0 saturated heterocycles. The summed E-state index contributed by atoms with van der Waals surface area (Å²) in [7, 11) is 2.07. The van der Waals surface area contributed by atoms with Gasteiger partial charge >= 0.3 is 6.03 Å². The number of fused-ring (bicyclic) bond motifs is 2. The van der Waals surface area contributed by atoms with Crippen LogP contribution in [-0.2, 0) is 11.3 Å². The van der Waals surface area contributed by atoms with Gasteiger partial charge < -0.3 is 39.6 Å². The SMILES string of the molecule is C[C@@H]1CN([C@H](C)CO)C(=O)c2cc(NC(=O)NC3CCCCC3)ccc2O[C@@H](C)CCCCO[C@@H]1CN(C)Cc1ccc2c(c1)OCO2. The summed E-state index contributed by atoms with van der Waals surface area (Å²) in [5, 5.41) is 16.3. The number of benzene rings is 2. The van der Waals surface area contributed by atoms with Gasteiger partial charge in [-0.1, -0.05) is 32.3 Å². The Hall–Kier alpha value is -3.54. The predicted octanol–water partition coefficient (Wildman–Crippen LogP) is 5.80. The number of aliphatic hydroxyl groups excluding tert-OH is 1. The second-order valence-corrected chi connectivity index (χ2v) is 13.8. The van der Waals surface area contributed by atoms with Crippen molar-refractivity contribution in [2.75, 3.05) is 45.5 Å². The zero-order valence-corrected chi connectivity index (χ0v) is 29.0. The Morgan fingerprint density at radius 3 is 2.54 bits per heavy atom. The third-order valence-corrected chi connectivity index (χ3v) is 9.63. The lowest BCUT2D eigenvalue weighted by atomic mass is 9.96. The van der Waals surface area contributed by atoms with Crippen LogP contribution in [0.5, 0.6) is 17.2 Å². The summed E-state index contributed by atoms with van der Waals surface area (Å²) in [6, 6.07) is 10.7. The molecule has 3 aliphatic rings. The Labute approximate surface area is 285 Å². The summed E-state index contributed by atoms with van der Waals surface area (Å²) in [6.45, 7) is 8.34. The van der Waals surface area contributed by atoms with E-state index in [1.165, 1.54) is 6.42 Å². The van der Waals surface area contributed by atoms with Crippen LogP contribution < -0.4 is 24.8 Å². The largest absolute Gasteiger partial charge is 0.490 e. The van der Waals surface area contributed by atoms with Crippen molar-refractivity contribution < 1.29 is 33.6 Å². The van der Waals surface area contributed by atoms with Crippen LogP contribution >= 0.6 is 0 Å². The van der Waals surface area contributed by atoms with Crippen molar-refractivity contribution in [2.24, 2.45) is 5.92 Å². The first-order valence-corrected chi connectivity index (χ1v) is 17.7. The molecule has 5 rings (SSSR count). The van der Waals surface area contributed by atoms with Crippen LogP contribution in [0.15, 0.2) is 36.4 Å². The minimum absolute atomic E-state index is 0.0454. The predicted molar refractivity (Wildman–Crippen MR) is 185 cm³/mol. The smallest absolute Gasteiger partial charge is 0.319 e. The standard InChI is InChI=1S/C37H54N4O7/c1-25-20-41(26(2)23-42)36(43)31-19-30(39-37(44)38-29-11-6-5-7-12-29)14-16-32(31)48-27(3)10-8-9-17-45-35(25)22-40(4)21-28-13-15-33-34(18-28)47-24-46-33/h13-16,18-19,25-27,29,35,42H,5-12,17,20-24H2,1-4H3,(H2,38,39,44)/t25-,26-,27+,35-/m1/s1. The molecule has 3 N–H and O–H groups in total. The molecule has 2 aromatic rings. The van der Waals surface area contributed by atoms with Crippen LogP contribution in [0.1, 0.15) is 88.1 Å². The van der Waals surface area contributed by atoms with Crippen LogP contribution in [0.25, 0.3) is 0 Å². The Morgan fingerprint density at radius 2 is 1.75 bits per heavy atom. The normalized spacial score (nSPS) is 23.2. The number of amides is 3. The van der Waals surface area contributed by atoms with Gasteiger partial charge in [-0.3, -0.25) is 9.69 Å². The minimum Gasteiger partial charge on any atom is -0.490 e. The molecule has 2 aromatic carbocycles. The maximum Gasteiger partial charge on any atom is 0.319 e. The molecule has 0 aromatic heterocycles. The molecular formula is C37H54N4O7. The fourth-order valence-electron chi connectivity index (χ4n) is 6.79. The number of aliphatic hydroxyl groups is 1. The van der Waals surface area contributed by atoms with Gasteiger partial charge in [0.15, 0.2) is 11.5 Å². The van der Waals surface area contributed by atoms with E-state index in [1.807, 2.05) is 26.0 Å². The number of ether oxygens (including phenoxy) is 4. The molecule has 0 bridgehead atoms. The average molecular weight is 667 g/mol. The number of likely N-dealkylation sites (N-methyl/N-ethyl adjacent to an activating group) is 1. The fourth-order valence-corrected chi connectivity index (χ4v) is 6.79. The Kier molecular flexibility index (Phi) is 12.8. The van der Waals surface area contributed by atoms with Crippen molar-refractivity contribution in [1.29, 1.82) is 0 Å². The van der Waals surface area contributed by atoms with E-state index < -0.39 is 6.04 Å². The molecule has 2 heterocycles. The zero-order valence-electron chi connectivity index (χ0n) is 29.0. The summed E-state index contributed by atoms with van der Waals surface area (Å²) in [5.74, 6) is 1.70. The van der Waals surface area contributed by atoms with E-state index in [0.29, 0.717) is 43.2 Å². The highest BCUT2D eigenvalue weighted by Gasteiger charge is 2.31. The van der Waals surface area contributed by atoms with Crippen molar-refractivity contribution in [2.45, 2.75) is 103 Å². The third kappa shape index (κ3) is 9.76. The number of carbonyl (C=O) groups excluding carboxylic acids is 2. The molecule has 0 spiro atoms. The van der Waals surface area contributed by atoms with Gasteiger partial charge in [0.05, 0.1) is 30.4 Å². The number of rotatable bonds is 8. The Morgan fingerprint density at radius 1 is 1.00 bits per heavy atom. The van der Waals surface area contributed by atoms with Gasteiger partial charge in [-0.25, -0.2) is 4.79 Å². The highest BCUT2D eigenvalue weighted by Crippen LogP contribution is 2.33. The summed E-state index contributed by atoms with van der Waals surface area (Å²) < 4.78 is 23.9. The summed E-state index contributed by atoms with van der Waals surface area (Å²) in [6.07, 6.45) is 7.74.